The number of amides is 3. The Morgan fingerprint density at radius 2 is 1.32 bits per heavy atom. The second kappa shape index (κ2) is 10.5. The van der Waals surface area contributed by atoms with E-state index in [-0.39, 0.29) is 0 Å². The van der Waals surface area contributed by atoms with E-state index in [2.05, 4.69) is 0 Å². The van der Waals surface area contributed by atoms with Gasteiger partial charge in [0.2, 0.25) is 17.7 Å². The van der Waals surface area contributed by atoms with Crippen LogP contribution < -0.4 is 21.7 Å². The maximum Gasteiger partial charge on any atom is 0.322 e. The Kier molecular flexibility index (Phi) is 9.18. The fourth-order valence-corrected chi connectivity index (χ4v) is 1.47. The Hall–Kier alpha value is -3.22. The quantitative estimate of drug-likeness (QED) is 0.189. The van der Waals surface area contributed by atoms with Gasteiger partial charge in [0.05, 0.1) is 25.4 Å². The fourth-order valence-electron chi connectivity index (χ4n) is 1.47. The van der Waals surface area contributed by atoms with Crippen LogP contribution in [0, 0.1) is 0 Å². The molecule has 0 aliphatic carbocycles. The Morgan fingerprint density at radius 3 is 1.80 bits per heavy atom. The van der Waals surface area contributed by atoms with Crippen LogP contribution in [0.2, 0.25) is 0 Å². The van der Waals surface area contributed by atoms with Gasteiger partial charge in [-0.2, -0.15) is 0 Å². The normalized spacial score (nSPS) is 12.4. The molecule has 25 heavy (non-hydrogen) atoms. The Labute approximate surface area is 140 Å². The van der Waals surface area contributed by atoms with E-state index in [1.165, 1.54) is 0 Å². The number of carbonyl (C=O) groups is 6. The maximum atomic E-state index is 11.9. The predicted molar refractivity (Wildman–Crippen MR) is 78.1 cm³/mol. The molecule has 0 aromatic rings. The van der Waals surface area contributed by atoms with Crippen LogP contribution in [0.1, 0.15) is 12.8 Å². The van der Waals surface area contributed by atoms with E-state index in [0.717, 1.165) is 0 Å². The molecule has 0 radical (unpaired) electrons. The van der Waals surface area contributed by atoms with Crippen LogP contribution in [0.15, 0.2) is 0 Å². The molecular weight excluding hydrogens is 344 g/mol. The number of rotatable bonds is 11. The number of aliphatic carboxylic acids is 3. The number of hydrogen-bond acceptors (Lipinski definition) is 7. The van der Waals surface area contributed by atoms with Crippen LogP contribution in [-0.2, 0) is 28.8 Å². The minimum Gasteiger partial charge on any atom is -0.481 e. The monoisotopic (exact) mass is 362 g/mol. The molecule has 0 heterocycles. The smallest absolute Gasteiger partial charge is 0.322 e. The van der Waals surface area contributed by atoms with Gasteiger partial charge in [0.25, 0.3) is 0 Å². The van der Waals surface area contributed by atoms with Gasteiger partial charge in [-0.1, -0.05) is 0 Å². The molecule has 0 aliphatic heterocycles. The van der Waals surface area contributed by atoms with Gasteiger partial charge < -0.3 is 37.0 Å². The highest BCUT2D eigenvalue weighted by atomic mass is 16.4. The van der Waals surface area contributed by atoms with Gasteiger partial charge in [-0.25, -0.2) is 0 Å². The largest absolute Gasteiger partial charge is 0.481 e. The SMILES string of the molecule is NC(CC(=O)O)C(=O)NC(CC(=O)O)C(=O)NCC(=O)NCC(=O)O. The van der Waals surface area contributed by atoms with Gasteiger partial charge in [0, 0.05) is 0 Å². The van der Waals surface area contributed by atoms with Crippen molar-refractivity contribution in [3.63, 3.8) is 0 Å². The van der Waals surface area contributed by atoms with Crippen molar-refractivity contribution in [1.82, 2.24) is 16.0 Å². The first-order valence-electron chi connectivity index (χ1n) is 6.78. The molecule has 2 atom stereocenters. The topological polar surface area (TPSA) is 225 Å². The van der Waals surface area contributed by atoms with Crippen LogP contribution in [0.5, 0.6) is 0 Å². The lowest BCUT2D eigenvalue weighted by Crippen LogP contribution is -2.53. The number of carboxylic acid groups (broad SMARTS) is 3. The summed E-state index contributed by atoms with van der Waals surface area (Å²) in [7, 11) is 0. The molecule has 2 unspecified atom stereocenters. The lowest BCUT2D eigenvalue weighted by molar-refractivity contribution is -0.142. The summed E-state index contributed by atoms with van der Waals surface area (Å²) in [5.74, 6) is -7.05. The molecule has 0 fully saturated rings. The number of hydrogen-bond donors (Lipinski definition) is 7. The molecule has 0 saturated carbocycles. The number of carbonyl (C=O) groups excluding carboxylic acids is 3. The van der Waals surface area contributed by atoms with Crippen molar-refractivity contribution in [2.75, 3.05) is 13.1 Å². The Morgan fingerprint density at radius 1 is 0.760 bits per heavy atom. The lowest BCUT2D eigenvalue weighted by Gasteiger charge is -2.18. The molecule has 0 saturated heterocycles. The Balaban J connectivity index is 4.68. The van der Waals surface area contributed by atoms with E-state index in [1.807, 2.05) is 16.0 Å². The van der Waals surface area contributed by atoms with Crippen molar-refractivity contribution >= 4 is 35.6 Å². The van der Waals surface area contributed by atoms with Gasteiger partial charge in [-0.05, 0) is 0 Å². The third kappa shape index (κ3) is 10.2. The van der Waals surface area contributed by atoms with Crippen molar-refractivity contribution in [2.24, 2.45) is 5.73 Å². The van der Waals surface area contributed by atoms with Crippen LogP contribution in [0.25, 0.3) is 0 Å². The van der Waals surface area contributed by atoms with Gasteiger partial charge in [-0.3, -0.25) is 28.8 Å². The molecule has 0 rings (SSSR count). The van der Waals surface area contributed by atoms with E-state index in [9.17, 15) is 28.8 Å². The van der Waals surface area contributed by atoms with Crippen LogP contribution in [0.4, 0.5) is 0 Å². The van der Waals surface area contributed by atoms with Crippen LogP contribution in [-0.4, -0.2) is 76.1 Å². The molecule has 0 aromatic heterocycles. The maximum absolute atomic E-state index is 11.9. The Bertz CT molecular complexity index is 563. The first-order valence-corrected chi connectivity index (χ1v) is 6.78. The zero-order chi connectivity index (χ0) is 19.6. The summed E-state index contributed by atoms with van der Waals surface area (Å²) >= 11 is 0. The second-order valence-corrected chi connectivity index (χ2v) is 4.75. The van der Waals surface area contributed by atoms with E-state index in [0.29, 0.717) is 0 Å². The molecule has 0 bridgehead atoms. The van der Waals surface area contributed by atoms with Crippen molar-refractivity contribution in [2.45, 2.75) is 24.9 Å². The van der Waals surface area contributed by atoms with Crippen LogP contribution >= 0.6 is 0 Å². The molecule has 8 N–H and O–H groups in total. The van der Waals surface area contributed by atoms with E-state index in [4.69, 9.17) is 21.1 Å². The lowest BCUT2D eigenvalue weighted by atomic mass is 10.1. The summed E-state index contributed by atoms with van der Waals surface area (Å²) in [6.45, 7) is -1.33. The van der Waals surface area contributed by atoms with Crippen molar-refractivity contribution in [3.8, 4) is 0 Å². The minimum atomic E-state index is -1.60. The standard InChI is InChI=1S/C12H18N4O9/c13-5(1-8(18)19)11(24)16-6(2-9(20)21)12(25)15-3-7(17)14-4-10(22)23/h5-6H,1-4,13H2,(H,14,17)(H,15,25)(H,16,24)(H,18,19)(H,20,21)(H,22,23). The van der Waals surface area contributed by atoms with Gasteiger partial charge in [0.15, 0.2) is 0 Å². The summed E-state index contributed by atoms with van der Waals surface area (Å²) in [4.78, 5) is 66.3. The third-order valence-electron chi connectivity index (χ3n) is 2.60. The molecule has 0 spiro atoms. The molecular formula is C12H18N4O9. The predicted octanol–water partition coefficient (Wildman–Crippen LogP) is -3.94. The molecule has 13 heteroatoms. The third-order valence-corrected chi connectivity index (χ3v) is 2.60. The second-order valence-electron chi connectivity index (χ2n) is 4.75. The van der Waals surface area contributed by atoms with Crippen molar-refractivity contribution in [3.05, 3.63) is 0 Å². The van der Waals surface area contributed by atoms with Crippen LogP contribution in [0.3, 0.4) is 0 Å². The summed E-state index contributed by atoms with van der Waals surface area (Å²) in [6.07, 6.45) is -1.57. The number of carboxylic acids is 3. The average molecular weight is 362 g/mol. The summed E-state index contributed by atoms with van der Waals surface area (Å²) in [6, 6.07) is -3.10. The molecule has 0 aliphatic rings. The molecule has 140 valence electrons. The van der Waals surface area contributed by atoms with Gasteiger partial charge in [-0.15, -0.1) is 0 Å². The molecule has 0 aromatic carbocycles. The minimum absolute atomic E-state index is 0.653. The molecule has 13 nitrogen and oxygen atoms in total. The zero-order valence-corrected chi connectivity index (χ0v) is 12.9. The highest BCUT2D eigenvalue weighted by Gasteiger charge is 2.27. The zero-order valence-electron chi connectivity index (χ0n) is 12.9. The van der Waals surface area contributed by atoms with E-state index < -0.39 is 73.6 Å². The first kappa shape index (κ1) is 21.8. The summed E-state index contributed by atoms with van der Waals surface area (Å²) < 4.78 is 0. The number of nitrogens with two attached hydrogens (primary N) is 1. The van der Waals surface area contributed by atoms with E-state index in [1.54, 1.807) is 0 Å². The average Bonchev–Trinajstić information content (AvgIpc) is 2.48. The fraction of sp³-hybridized carbons (Fsp3) is 0.500. The first-order chi connectivity index (χ1) is 11.5. The highest BCUT2D eigenvalue weighted by molar-refractivity contribution is 5.95. The van der Waals surface area contributed by atoms with Crippen molar-refractivity contribution in [1.29, 1.82) is 0 Å². The summed E-state index contributed by atoms with van der Waals surface area (Å²) in [5, 5.41) is 31.6. The van der Waals surface area contributed by atoms with E-state index >= 15 is 0 Å². The van der Waals surface area contributed by atoms with Crippen molar-refractivity contribution < 1.29 is 44.1 Å². The van der Waals surface area contributed by atoms with Gasteiger partial charge in [0.1, 0.15) is 12.6 Å². The highest BCUT2D eigenvalue weighted by Crippen LogP contribution is 1.96. The summed E-state index contributed by atoms with van der Waals surface area (Å²) in [5.41, 5.74) is 5.30. The number of nitrogens with one attached hydrogen (secondary N) is 3. The molecule has 3 amide bonds. The van der Waals surface area contributed by atoms with Gasteiger partial charge >= 0.3 is 17.9 Å².